The van der Waals surface area contributed by atoms with E-state index >= 15 is 0 Å². The van der Waals surface area contributed by atoms with Crippen molar-refractivity contribution in [1.29, 1.82) is 0 Å². The number of hydrogen-bond donors (Lipinski definition) is 0. The SMILES string of the molecule is CCC1CC(C)C=C(CN(c2ccc(Br)cc2)C2CCN(C(=O)OC(C)(C)C)CC2)C=C1c1cc(OC)c(OC)c(OC)c1. The molecule has 44 heavy (non-hydrogen) atoms. The number of allylic oxidation sites excluding steroid dienone is 2. The lowest BCUT2D eigenvalue weighted by Crippen LogP contribution is -2.48. The first-order valence-electron chi connectivity index (χ1n) is 15.7. The summed E-state index contributed by atoms with van der Waals surface area (Å²) in [7, 11) is 4.96. The van der Waals surface area contributed by atoms with E-state index in [1.807, 2.05) is 25.7 Å². The molecule has 0 aromatic heterocycles. The Labute approximate surface area is 272 Å². The van der Waals surface area contributed by atoms with Crippen LogP contribution in [0.2, 0.25) is 0 Å². The van der Waals surface area contributed by atoms with Gasteiger partial charge in [-0.2, -0.15) is 0 Å². The zero-order valence-corrected chi connectivity index (χ0v) is 29.2. The maximum absolute atomic E-state index is 12.8. The fraction of sp³-hybridized carbons (Fsp3) is 0.528. The van der Waals surface area contributed by atoms with Crippen molar-refractivity contribution in [2.24, 2.45) is 11.8 Å². The molecule has 0 bridgehead atoms. The second-order valence-corrected chi connectivity index (χ2v) is 13.8. The number of hydrogen-bond acceptors (Lipinski definition) is 6. The van der Waals surface area contributed by atoms with E-state index in [-0.39, 0.29) is 12.1 Å². The normalized spacial score (nSPS) is 19.4. The van der Waals surface area contributed by atoms with Gasteiger partial charge in [-0.15, -0.1) is 0 Å². The molecule has 7 nitrogen and oxygen atoms in total. The van der Waals surface area contributed by atoms with Crippen LogP contribution in [0.4, 0.5) is 10.5 Å². The van der Waals surface area contributed by atoms with E-state index in [0.29, 0.717) is 42.2 Å². The Morgan fingerprint density at radius 1 is 1.00 bits per heavy atom. The van der Waals surface area contributed by atoms with Crippen molar-refractivity contribution in [2.75, 3.05) is 45.9 Å². The number of amides is 1. The third-order valence-electron chi connectivity index (χ3n) is 8.49. The second kappa shape index (κ2) is 14.8. The first-order chi connectivity index (χ1) is 21.0. The second-order valence-electron chi connectivity index (χ2n) is 12.9. The summed E-state index contributed by atoms with van der Waals surface area (Å²) >= 11 is 3.61. The van der Waals surface area contributed by atoms with Crippen molar-refractivity contribution in [3.8, 4) is 17.2 Å². The molecule has 2 aromatic carbocycles. The van der Waals surface area contributed by atoms with E-state index in [2.05, 4.69) is 83.2 Å². The van der Waals surface area contributed by atoms with Crippen molar-refractivity contribution in [3.05, 3.63) is 64.2 Å². The van der Waals surface area contributed by atoms with Gasteiger partial charge in [0.2, 0.25) is 5.75 Å². The fourth-order valence-corrected chi connectivity index (χ4v) is 6.64. The van der Waals surface area contributed by atoms with Gasteiger partial charge in [-0.25, -0.2) is 4.79 Å². The van der Waals surface area contributed by atoms with Gasteiger partial charge in [-0.05, 0) is 111 Å². The number of halogens is 1. The highest BCUT2D eigenvalue weighted by molar-refractivity contribution is 9.10. The molecule has 0 N–H and O–H groups in total. The molecule has 2 unspecified atom stereocenters. The van der Waals surface area contributed by atoms with Gasteiger partial charge in [-0.1, -0.05) is 41.9 Å². The van der Waals surface area contributed by atoms with Crippen LogP contribution in [-0.2, 0) is 4.74 Å². The number of ether oxygens (including phenoxy) is 4. The predicted octanol–water partition coefficient (Wildman–Crippen LogP) is 8.76. The van der Waals surface area contributed by atoms with Crippen LogP contribution in [-0.4, -0.2) is 63.6 Å². The molecule has 1 amide bonds. The topological polar surface area (TPSA) is 60.5 Å². The van der Waals surface area contributed by atoms with Gasteiger partial charge >= 0.3 is 6.09 Å². The predicted molar refractivity (Wildman–Crippen MR) is 182 cm³/mol. The summed E-state index contributed by atoms with van der Waals surface area (Å²) in [6, 6.07) is 13.0. The zero-order chi connectivity index (χ0) is 32.0. The van der Waals surface area contributed by atoms with Gasteiger partial charge in [0.25, 0.3) is 0 Å². The molecular formula is C36H49BrN2O5. The summed E-state index contributed by atoms with van der Waals surface area (Å²) in [6.45, 7) is 12.4. The molecular weight excluding hydrogens is 620 g/mol. The molecule has 0 spiro atoms. The maximum atomic E-state index is 12.8. The number of piperidine rings is 1. The Balaban J connectivity index is 1.68. The summed E-state index contributed by atoms with van der Waals surface area (Å²) in [6.07, 6.45) is 8.45. The largest absolute Gasteiger partial charge is 0.493 e. The number of rotatable bonds is 9. The van der Waals surface area contributed by atoms with Crippen LogP contribution in [0.15, 0.2) is 58.6 Å². The van der Waals surface area contributed by atoms with E-state index < -0.39 is 5.60 Å². The molecule has 0 radical (unpaired) electrons. The molecule has 0 saturated carbocycles. The number of anilines is 1. The van der Waals surface area contributed by atoms with Crippen LogP contribution in [0.1, 0.15) is 65.9 Å². The lowest BCUT2D eigenvalue weighted by Gasteiger charge is -2.40. The number of carbonyl (C=O) groups is 1. The highest BCUT2D eigenvalue weighted by Crippen LogP contribution is 2.44. The number of nitrogens with zero attached hydrogens (tertiary/aromatic N) is 2. The molecule has 1 fully saturated rings. The van der Waals surface area contributed by atoms with E-state index in [9.17, 15) is 4.79 Å². The van der Waals surface area contributed by atoms with E-state index in [1.165, 1.54) is 16.8 Å². The van der Waals surface area contributed by atoms with Gasteiger partial charge in [0, 0.05) is 35.8 Å². The average molecular weight is 670 g/mol. The Kier molecular flexibility index (Phi) is 11.3. The fourth-order valence-electron chi connectivity index (χ4n) is 6.37. The first kappa shape index (κ1) is 33.8. The van der Waals surface area contributed by atoms with Crippen LogP contribution >= 0.6 is 15.9 Å². The molecule has 2 aliphatic rings. The Hall–Kier alpha value is -3.13. The third kappa shape index (κ3) is 8.32. The van der Waals surface area contributed by atoms with Crippen LogP contribution < -0.4 is 19.1 Å². The van der Waals surface area contributed by atoms with Gasteiger partial charge in [0.1, 0.15) is 5.60 Å². The van der Waals surface area contributed by atoms with E-state index in [4.69, 9.17) is 18.9 Å². The van der Waals surface area contributed by atoms with Crippen molar-refractivity contribution in [1.82, 2.24) is 4.90 Å². The molecule has 1 aliphatic heterocycles. The Morgan fingerprint density at radius 3 is 2.14 bits per heavy atom. The minimum absolute atomic E-state index is 0.227. The lowest BCUT2D eigenvalue weighted by molar-refractivity contribution is 0.0205. The lowest BCUT2D eigenvalue weighted by atomic mass is 9.85. The van der Waals surface area contributed by atoms with E-state index in [1.54, 1.807) is 21.3 Å². The highest BCUT2D eigenvalue weighted by Gasteiger charge is 2.31. The minimum Gasteiger partial charge on any atom is -0.493 e. The van der Waals surface area contributed by atoms with Crippen LogP contribution in [0, 0.1) is 11.8 Å². The third-order valence-corrected chi connectivity index (χ3v) is 9.02. The minimum atomic E-state index is -0.502. The molecule has 8 heteroatoms. The summed E-state index contributed by atoms with van der Waals surface area (Å²) < 4.78 is 23.8. The van der Waals surface area contributed by atoms with E-state index in [0.717, 1.165) is 42.3 Å². The van der Waals surface area contributed by atoms with Gasteiger partial charge in [-0.3, -0.25) is 0 Å². The molecule has 1 heterocycles. The average Bonchev–Trinajstić information content (AvgIpc) is 3.16. The number of benzene rings is 2. The Morgan fingerprint density at radius 2 is 1.61 bits per heavy atom. The van der Waals surface area contributed by atoms with Gasteiger partial charge < -0.3 is 28.7 Å². The van der Waals surface area contributed by atoms with Gasteiger partial charge in [0.15, 0.2) is 11.5 Å². The number of carbonyl (C=O) groups excluding carboxylic acids is 1. The molecule has 240 valence electrons. The summed E-state index contributed by atoms with van der Waals surface area (Å²) in [5.74, 6) is 2.73. The highest BCUT2D eigenvalue weighted by atomic mass is 79.9. The van der Waals surface area contributed by atoms with Crippen molar-refractivity contribution in [2.45, 2.75) is 71.9 Å². The molecule has 2 atom stereocenters. The molecule has 2 aromatic rings. The van der Waals surface area contributed by atoms with Crippen molar-refractivity contribution < 1.29 is 23.7 Å². The molecule has 1 aliphatic carbocycles. The summed E-state index contributed by atoms with van der Waals surface area (Å²) in [5, 5.41) is 0. The standard InChI is InChI=1S/C36H49BrN2O5/c1-9-26-19-24(2)18-25(20-31(26)27-21-32(41-6)34(43-8)33(22-27)42-7)23-39(29-12-10-28(37)11-13-29)30-14-16-38(17-15-30)35(40)44-36(3,4)5/h10-13,18,20-22,24,26,30H,9,14-17,19,23H2,1-8H3. The Bertz CT molecular complexity index is 1310. The molecule has 4 rings (SSSR count). The number of likely N-dealkylation sites (tertiary alicyclic amines) is 1. The first-order valence-corrected chi connectivity index (χ1v) is 16.5. The smallest absolute Gasteiger partial charge is 0.410 e. The van der Waals surface area contributed by atoms with Crippen LogP contribution in [0.3, 0.4) is 0 Å². The van der Waals surface area contributed by atoms with Crippen molar-refractivity contribution in [3.63, 3.8) is 0 Å². The van der Waals surface area contributed by atoms with Crippen LogP contribution in [0.5, 0.6) is 17.2 Å². The zero-order valence-electron chi connectivity index (χ0n) is 27.6. The monoisotopic (exact) mass is 668 g/mol. The summed E-state index contributed by atoms with van der Waals surface area (Å²) in [5.41, 5.74) is 4.34. The quantitative estimate of drug-likeness (QED) is 0.266. The van der Waals surface area contributed by atoms with Crippen LogP contribution in [0.25, 0.3) is 5.57 Å². The summed E-state index contributed by atoms with van der Waals surface area (Å²) in [4.78, 5) is 17.2. The number of methoxy groups -OCH3 is 3. The van der Waals surface area contributed by atoms with Crippen molar-refractivity contribution >= 4 is 33.3 Å². The maximum Gasteiger partial charge on any atom is 0.410 e. The molecule has 1 saturated heterocycles. The van der Waals surface area contributed by atoms with Gasteiger partial charge in [0.05, 0.1) is 21.3 Å².